The van der Waals surface area contributed by atoms with Gasteiger partial charge in [0.1, 0.15) is 11.2 Å². The van der Waals surface area contributed by atoms with Crippen molar-refractivity contribution in [1.29, 1.82) is 0 Å². The zero-order valence-electron chi connectivity index (χ0n) is 6.18. The van der Waals surface area contributed by atoms with E-state index >= 15 is 0 Å². The van der Waals surface area contributed by atoms with Crippen molar-refractivity contribution in [3.63, 3.8) is 0 Å². The fourth-order valence-electron chi connectivity index (χ4n) is 1.28. The van der Waals surface area contributed by atoms with Gasteiger partial charge >= 0.3 is 0 Å². The Hall–Kier alpha value is 0.370. The highest BCUT2D eigenvalue weighted by Crippen LogP contribution is 2.33. The van der Waals surface area contributed by atoms with E-state index in [-0.39, 0.29) is 17.0 Å². The number of ether oxygens (including phenoxy) is 1. The van der Waals surface area contributed by atoms with Crippen LogP contribution in [0.4, 0.5) is 4.39 Å². The largest absolute Gasteiger partial charge is 0.360 e. The molecular formula is C7H12BrFO. The van der Waals surface area contributed by atoms with Gasteiger partial charge in [-0.25, -0.2) is 4.39 Å². The summed E-state index contributed by atoms with van der Waals surface area (Å²) >= 11 is 3.13. The molecule has 0 amide bonds. The van der Waals surface area contributed by atoms with E-state index in [4.69, 9.17) is 4.74 Å². The Morgan fingerprint density at radius 1 is 1.60 bits per heavy atom. The van der Waals surface area contributed by atoms with Gasteiger partial charge in [-0.05, 0) is 6.42 Å². The molecule has 60 valence electrons. The third-order valence-electron chi connectivity index (χ3n) is 2.05. The smallest absolute Gasteiger partial charge is 0.144 e. The van der Waals surface area contributed by atoms with Crippen molar-refractivity contribution < 1.29 is 9.13 Å². The first-order valence-electron chi connectivity index (χ1n) is 3.60. The Bertz CT molecular complexity index is 120. The average Bonchev–Trinajstić information content (AvgIpc) is 2.17. The summed E-state index contributed by atoms with van der Waals surface area (Å²) in [5.41, 5.74) is 0. The maximum Gasteiger partial charge on any atom is 0.144 e. The van der Waals surface area contributed by atoms with E-state index in [2.05, 4.69) is 15.9 Å². The summed E-state index contributed by atoms with van der Waals surface area (Å²) < 4.78 is 18.3. The van der Waals surface area contributed by atoms with Crippen LogP contribution >= 0.6 is 15.9 Å². The van der Waals surface area contributed by atoms with Gasteiger partial charge in [0.2, 0.25) is 0 Å². The Kier molecular flexibility index (Phi) is 2.69. The molecule has 1 unspecified atom stereocenters. The van der Waals surface area contributed by atoms with Gasteiger partial charge in [-0.3, -0.25) is 0 Å². The maximum atomic E-state index is 13.0. The summed E-state index contributed by atoms with van der Waals surface area (Å²) in [5.74, 6) is 0.0365. The van der Waals surface area contributed by atoms with E-state index in [0.29, 0.717) is 0 Å². The normalized spacial score (nSPS) is 48.0. The van der Waals surface area contributed by atoms with E-state index in [1.807, 2.05) is 13.8 Å². The summed E-state index contributed by atoms with van der Waals surface area (Å²) in [6.45, 7) is 3.90. The first-order chi connectivity index (χ1) is 4.66. The van der Waals surface area contributed by atoms with E-state index in [1.54, 1.807) is 0 Å². The van der Waals surface area contributed by atoms with Crippen LogP contribution in [0, 0.1) is 5.92 Å². The molecule has 10 heavy (non-hydrogen) atoms. The molecule has 1 rings (SSSR count). The number of alkyl halides is 2. The lowest BCUT2D eigenvalue weighted by Crippen LogP contribution is -2.17. The monoisotopic (exact) mass is 210 g/mol. The number of rotatable bonds is 1. The van der Waals surface area contributed by atoms with Gasteiger partial charge in [-0.15, -0.1) is 0 Å². The minimum absolute atomic E-state index is 0.0365. The zero-order chi connectivity index (χ0) is 7.72. The van der Waals surface area contributed by atoms with Crippen LogP contribution in [0.3, 0.4) is 0 Å². The lowest BCUT2D eigenvalue weighted by molar-refractivity contribution is 0.0750. The standard InChI is InChI=1S/C7H12BrFO/c1-3-5-4(2)6(9)7(8)10-5/h4-7H,3H2,1-2H3/t4-,5-,6+,7?/m1/s1. The molecule has 0 N–H and O–H groups in total. The van der Waals surface area contributed by atoms with Gasteiger partial charge in [-0.2, -0.15) is 0 Å². The molecule has 1 fully saturated rings. The van der Waals surface area contributed by atoms with Crippen molar-refractivity contribution in [2.45, 2.75) is 37.6 Å². The molecule has 0 aromatic carbocycles. The second kappa shape index (κ2) is 3.18. The predicted molar refractivity (Wildman–Crippen MR) is 41.9 cm³/mol. The third-order valence-corrected chi connectivity index (χ3v) is 2.77. The van der Waals surface area contributed by atoms with E-state index in [1.165, 1.54) is 0 Å². The molecule has 1 nitrogen and oxygen atoms in total. The van der Waals surface area contributed by atoms with Gasteiger partial charge in [0.15, 0.2) is 0 Å². The van der Waals surface area contributed by atoms with Gasteiger partial charge in [0, 0.05) is 5.92 Å². The van der Waals surface area contributed by atoms with Crippen LogP contribution in [0.5, 0.6) is 0 Å². The highest BCUT2D eigenvalue weighted by Gasteiger charge is 2.39. The SMILES string of the molecule is CC[C@H]1OC(Br)[C@@H](F)[C@@H]1C. The molecule has 0 radical (unpaired) electrons. The highest BCUT2D eigenvalue weighted by atomic mass is 79.9. The molecule has 0 aromatic rings. The molecule has 0 aliphatic carbocycles. The summed E-state index contributed by atoms with van der Waals surface area (Å²) in [6.07, 6.45) is 0.147. The summed E-state index contributed by atoms with van der Waals surface area (Å²) in [6, 6.07) is 0. The molecule has 3 heteroatoms. The van der Waals surface area contributed by atoms with E-state index < -0.39 is 6.17 Å². The molecule has 0 spiro atoms. The minimum Gasteiger partial charge on any atom is -0.360 e. The molecule has 1 aliphatic heterocycles. The van der Waals surface area contributed by atoms with Crippen LogP contribution in [0.15, 0.2) is 0 Å². The zero-order valence-corrected chi connectivity index (χ0v) is 7.77. The molecular weight excluding hydrogens is 199 g/mol. The van der Waals surface area contributed by atoms with Gasteiger partial charge in [0.05, 0.1) is 6.10 Å². The van der Waals surface area contributed by atoms with Gasteiger partial charge < -0.3 is 4.74 Å². The molecule has 1 saturated heterocycles. The van der Waals surface area contributed by atoms with Crippen LogP contribution in [0.2, 0.25) is 0 Å². The van der Waals surface area contributed by atoms with Crippen molar-refractivity contribution in [2.75, 3.05) is 0 Å². The van der Waals surface area contributed by atoms with Crippen LogP contribution in [0.25, 0.3) is 0 Å². The van der Waals surface area contributed by atoms with Crippen LogP contribution < -0.4 is 0 Å². The van der Waals surface area contributed by atoms with Crippen LogP contribution in [-0.2, 0) is 4.74 Å². The molecule has 1 heterocycles. The van der Waals surface area contributed by atoms with Gasteiger partial charge in [-0.1, -0.05) is 29.8 Å². The van der Waals surface area contributed by atoms with Crippen molar-refractivity contribution in [2.24, 2.45) is 5.92 Å². The van der Waals surface area contributed by atoms with Crippen LogP contribution in [-0.4, -0.2) is 17.3 Å². The Balaban J connectivity index is 2.53. The molecule has 1 aliphatic rings. The molecule has 0 saturated carbocycles. The fourth-order valence-corrected chi connectivity index (χ4v) is 2.04. The molecule has 4 atom stereocenters. The van der Waals surface area contributed by atoms with Crippen LogP contribution in [0.1, 0.15) is 20.3 Å². The van der Waals surface area contributed by atoms with Gasteiger partial charge in [0.25, 0.3) is 0 Å². The molecule has 0 bridgehead atoms. The average molecular weight is 211 g/mol. The molecule has 0 aromatic heterocycles. The number of hydrogen-bond donors (Lipinski definition) is 0. The van der Waals surface area contributed by atoms with E-state index in [0.717, 1.165) is 6.42 Å². The van der Waals surface area contributed by atoms with E-state index in [9.17, 15) is 4.39 Å². The quantitative estimate of drug-likeness (QED) is 0.605. The Labute approximate surface area is 69.1 Å². The third kappa shape index (κ3) is 1.35. The summed E-state index contributed by atoms with van der Waals surface area (Å²) in [7, 11) is 0. The highest BCUT2D eigenvalue weighted by molar-refractivity contribution is 9.09. The Morgan fingerprint density at radius 3 is 2.40 bits per heavy atom. The van der Waals surface area contributed by atoms with Crippen molar-refractivity contribution in [3.8, 4) is 0 Å². The van der Waals surface area contributed by atoms with Crippen molar-refractivity contribution >= 4 is 15.9 Å². The Morgan fingerprint density at radius 2 is 2.20 bits per heavy atom. The maximum absolute atomic E-state index is 13.0. The predicted octanol–water partition coefficient (Wildman–Crippen LogP) is 2.49. The second-order valence-electron chi connectivity index (χ2n) is 2.74. The number of hydrogen-bond acceptors (Lipinski definition) is 1. The topological polar surface area (TPSA) is 9.23 Å². The fraction of sp³-hybridized carbons (Fsp3) is 1.00. The second-order valence-corrected chi connectivity index (χ2v) is 3.64. The number of halogens is 2. The summed E-state index contributed by atoms with van der Waals surface area (Å²) in [4.78, 5) is 0. The minimum atomic E-state index is -0.843. The first-order valence-corrected chi connectivity index (χ1v) is 4.52. The van der Waals surface area contributed by atoms with Crippen molar-refractivity contribution in [1.82, 2.24) is 0 Å². The lowest BCUT2D eigenvalue weighted by Gasteiger charge is -2.10. The first kappa shape index (κ1) is 8.47. The lowest BCUT2D eigenvalue weighted by atomic mass is 10.0. The van der Waals surface area contributed by atoms with Crippen molar-refractivity contribution in [3.05, 3.63) is 0 Å². The summed E-state index contributed by atoms with van der Waals surface area (Å²) in [5, 5.41) is -0.382.